The predicted molar refractivity (Wildman–Crippen MR) is 141 cm³/mol. The van der Waals surface area contributed by atoms with Crippen LogP contribution in [0.5, 0.6) is 0 Å². The van der Waals surface area contributed by atoms with Crippen molar-refractivity contribution >= 4 is 35.3 Å². The smallest absolute Gasteiger partial charge is 0.354 e. The van der Waals surface area contributed by atoms with Gasteiger partial charge in [0, 0.05) is 30.2 Å². The molecule has 0 aliphatic rings. The van der Waals surface area contributed by atoms with Crippen LogP contribution >= 0.6 is 7.82 Å². The van der Waals surface area contributed by atoms with Gasteiger partial charge >= 0.3 is 13.9 Å². The van der Waals surface area contributed by atoms with E-state index in [1.54, 1.807) is 25.1 Å². The number of amides is 2. The average molecular weight is 558 g/mol. The number of aromatic nitrogens is 1. The van der Waals surface area contributed by atoms with Crippen LogP contribution < -0.4 is 10.6 Å². The number of carbonyl (C=O) groups excluding carboxylic acids is 1. The third-order valence-electron chi connectivity index (χ3n) is 5.72. The van der Waals surface area contributed by atoms with Gasteiger partial charge in [-0.1, -0.05) is 26.0 Å². The summed E-state index contributed by atoms with van der Waals surface area (Å²) in [6.45, 7) is 10.1. The zero-order valence-corrected chi connectivity index (χ0v) is 23.4. The molecular weight excluding hydrogens is 521 g/mol. The number of phosphoric acid groups is 1. The molecule has 0 bridgehead atoms. The lowest BCUT2D eigenvalue weighted by atomic mass is 10.1. The van der Waals surface area contributed by atoms with Crippen molar-refractivity contribution in [3.63, 3.8) is 0 Å². The Bertz CT molecular complexity index is 1200. The molecule has 0 fully saturated rings. The molecule has 14 heteroatoms. The number of hydrogen-bond donors (Lipinski definition) is 4. The molecule has 2 rings (SSSR count). The van der Waals surface area contributed by atoms with Crippen LogP contribution in [0.4, 0.5) is 16.2 Å². The summed E-state index contributed by atoms with van der Waals surface area (Å²) >= 11 is 0. The molecule has 0 radical (unpaired) electrons. The Morgan fingerprint density at radius 3 is 2.46 bits per heavy atom. The van der Waals surface area contributed by atoms with Gasteiger partial charge in [-0.3, -0.25) is 9.51 Å². The number of rotatable bonds is 13. The van der Waals surface area contributed by atoms with E-state index >= 15 is 0 Å². The number of phosphoric ester groups is 1. The highest BCUT2D eigenvalue weighted by molar-refractivity contribution is 7.89. The topological polar surface area (TPSA) is 161 Å². The van der Waals surface area contributed by atoms with Crippen LogP contribution in [0.25, 0.3) is 0 Å². The van der Waals surface area contributed by atoms with Gasteiger partial charge in [0.25, 0.3) is 10.0 Å². The molecule has 2 atom stereocenters. The monoisotopic (exact) mass is 557 g/mol. The third kappa shape index (κ3) is 9.06. The van der Waals surface area contributed by atoms with Gasteiger partial charge < -0.3 is 25.3 Å². The second kappa shape index (κ2) is 13.3. The second-order valence-corrected chi connectivity index (χ2v) is 11.7. The Kier molecular flexibility index (Phi) is 11.0. The van der Waals surface area contributed by atoms with E-state index in [1.807, 2.05) is 33.8 Å². The Morgan fingerprint density at radius 1 is 1.19 bits per heavy atom. The van der Waals surface area contributed by atoms with Gasteiger partial charge in [-0.05, 0) is 64.0 Å². The van der Waals surface area contributed by atoms with Gasteiger partial charge in [-0.2, -0.15) is 4.31 Å². The summed E-state index contributed by atoms with van der Waals surface area (Å²) in [5.41, 5.74) is 1.66. The maximum atomic E-state index is 13.6. The van der Waals surface area contributed by atoms with Gasteiger partial charge in [-0.15, -0.1) is 0 Å². The van der Waals surface area contributed by atoms with E-state index in [9.17, 15) is 27.6 Å². The molecule has 2 aromatic rings. The first kappa shape index (κ1) is 30.7. The number of aryl methyl sites for hydroxylation is 1. The van der Waals surface area contributed by atoms with E-state index in [-0.39, 0.29) is 20.9 Å². The lowest BCUT2D eigenvalue weighted by Gasteiger charge is -2.30. The van der Waals surface area contributed by atoms with Crippen molar-refractivity contribution < 1.29 is 32.1 Å². The minimum absolute atomic E-state index is 0.102. The van der Waals surface area contributed by atoms with E-state index in [0.29, 0.717) is 12.1 Å². The van der Waals surface area contributed by atoms with Crippen LogP contribution in [0.2, 0.25) is 0 Å². The number of benzene rings is 1. The highest BCUT2D eigenvalue weighted by Crippen LogP contribution is 2.37. The van der Waals surface area contributed by atoms with Gasteiger partial charge in [0.15, 0.2) is 0 Å². The van der Waals surface area contributed by atoms with E-state index in [2.05, 4.69) is 25.0 Å². The number of urea groups is 1. The molecule has 206 valence electrons. The van der Waals surface area contributed by atoms with Crippen LogP contribution in [-0.4, -0.2) is 70.3 Å². The van der Waals surface area contributed by atoms with Gasteiger partial charge in [0.05, 0.1) is 5.69 Å². The summed E-state index contributed by atoms with van der Waals surface area (Å²) in [5.74, 6) is 0. The lowest BCUT2D eigenvalue weighted by Crippen LogP contribution is -2.49. The summed E-state index contributed by atoms with van der Waals surface area (Å²) in [6, 6.07) is 7.20. The summed E-state index contributed by atoms with van der Waals surface area (Å²) in [4.78, 5) is 37.2. The Hall–Kier alpha value is -2.54. The number of nitrogens with zero attached hydrogens (tertiary/aromatic N) is 3. The molecule has 2 amide bonds. The van der Waals surface area contributed by atoms with Gasteiger partial charge in [0.2, 0.25) is 0 Å². The van der Waals surface area contributed by atoms with Crippen molar-refractivity contribution in [1.82, 2.24) is 19.5 Å². The molecule has 12 nitrogen and oxygen atoms in total. The predicted octanol–water partition coefficient (Wildman–Crippen LogP) is 3.41. The molecular formula is C23H36N5O7PS. The normalized spacial score (nSPS) is 13.7. The first-order valence-corrected chi connectivity index (χ1v) is 14.8. The molecule has 0 aliphatic carbocycles. The fraction of sp³-hybridized carbons (Fsp3) is 0.478. The molecule has 0 saturated carbocycles. The summed E-state index contributed by atoms with van der Waals surface area (Å²) in [6.07, 6.45) is 2.95. The highest BCUT2D eigenvalue weighted by atomic mass is 32.2. The first-order valence-electron chi connectivity index (χ1n) is 11.8. The third-order valence-corrected chi connectivity index (χ3v) is 7.90. The number of pyridine rings is 1. The first-order chi connectivity index (χ1) is 17.3. The van der Waals surface area contributed by atoms with Crippen LogP contribution in [0.15, 0.2) is 47.6 Å². The number of sulfonamides is 1. The molecule has 2 unspecified atom stereocenters. The average Bonchev–Trinajstić information content (AvgIpc) is 2.79. The maximum absolute atomic E-state index is 13.6. The SMILES string of the molecule is CCN(CC)C(C)CC(C)NC(=O)N(COP(=O)(O)O)S(=O)(=O)c1cnccc1Nc1cccc(C)c1. The van der Waals surface area contributed by atoms with Crippen molar-refractivity contribution in [1.29, 1.82) is 0 Å². The summed E-state index contributed by atoms with van der Waals surface area (Å²) in [5, 5.41) is 5.61. The highest BCUT2D eigenvalue weighted by Gasteiger charge is 2.34. The molecule has 1 aromatic heterocycles. The Morgan fingerprint density at radius 2 is 1.86 bits per heavy atom. The fourth-order valence-electron chi connectivity index (χ4n) is 3.90. The fourth-order valence-corrected chi connectivity index (χ4v) is 5.54. The van der Waals surface area contributed by atoms with Crippen LogP contribution in [0.1, 0.15) is 39.7 Å². The molecule has 0 spiro atoms. The van der Waals surface area contributed by atoms with Crippen LogP contribution in [0, 0.1) is 6.92 Å². The number of nitrogens with one attached hydrogen (secondary N) is 2. The second-order valence-electron chi connectivity index (χ2n) is 8.63. The standard InChI is InChI=1S/C23H36N5O7PS/c1-6-27(7-2)19(5)14-18(4)25-23(29)28(16-35-36(30,31)32)37(33,34)22-15-24-12-11-21(22)26-20-10-8-9-17(3)13-20/h8-13,15,18-19H,6-7,14,16H2,1-5H3,(H,24,26)(H,25,29)(H2,30,31,32). The van der Waals surface area contributed by atoms with Crippen LogP contribution in [0.3, 0.4) is 0 Å². The van der Waals surface area contributed by atoms with E-state index in [1.165, 1.54) is 12.3 Å². The Labute approximate surface area is 218 Å². The van der Waals surface area contributed by atoms with Crippen molar-refractivity contribution in [2.24, 2.45) is 0 Å². The zero-order valence-electron chi connectivity index (χ0n) is 21.7. The van der Waals surface area contributed by atoms with Crippen molar-refractivity contribution in [2.75, 3.05) is 25.1 Å². The van der Waals surface area contributed by atoms with E-state index in [4.69, 9.17) is 0 Å². The van der Waals surface area contributed by atoms with Gasteiger partial charge in [0.1, 0.15) is 11.6 Å². The van der Waals surface area contributed by atoms with Crippen LogP contribution in [-0.2, 0) is 19.1 Å². The lowest BCUT2D eigenvalue weighted by molar-refractivity contribution is 0.142. The maximum Gasteiger partial charge on any atom is 0.471 e. The quantitative estimate of drug-likeness (QED) is 0.212. The summed E-state index contributed by atoms with van der Waals surface area (Å²) in [7, 11) is -9.76. The number of anilines is 2. The van der Waals surface area contributed by atoms with E-state index < -0.39 is 36.6 Å². The number of hydrogen-bond acceptors (Lipinski definition) is 8. The summed E-state index contributed by atoms with van der Waals surface area (Å²) < 4.78 is 43.3. The molecule has 1 heterocycles. The molecule has 0 aliphatic heterocycles. The Balaban J connectivity index is 2.37. The number of carbonyl (C=O) groups is 1. The molecule has 4 N–H and O–H groups in total. The van der Waals surface area contributed by atoms with Crippen molar-refractivity contribution in [3.05, 3.63) is 48.3 Å². The zero-order chi connectivity index (χ0) is 27.8. The minimum atomic E-state index is -5.09. The van der Waals surface area contributed by atoms with Crippen molar-refractivity contribution in [3.8, 4) is 0 Å². The largest absolute Gasteiger partial charge is 0.471 e. The molecule has 37 heavy (non-hydrogen) atoms. The minimum Gasteiger partial charge on any atom is -0.354 e. The van der Waals surface area contributed by atoms with Crippen molar-refractivity contribution in [2.45, 2.75) is 58.0 Å². The molecule has 0 saturated heterocycles. The molecule has 1 aromatic carbocycles. The van der Waals surface area contributed by atoms with E-state index in [0.717, 1.165) is 24.8 Å². The van der Waals surface area contributed by atoms with Gasteiger partial charge in [-0.25, -0.2) is 17.8 Å².